The van der Waals surface area contributed by atoms with E-state index in [-0.39, 0.29) is 16.0 Å². The molecule has 0 radical (unpaired) electrons. The van der Waals surface area contributed by atoms with Crippen molar-refractivity contribution in [2.45, 2.75) is 0 Å². The van der Waals surface area contributed by atoms with Gasteiger partial charge in [0.1, 0.15) is 11.6 Å². The van der Waals surface area contributed by atoms with Crippen molar-refractivity contribution >= 4 is 38.9 Å². The van der Waals surface area contributed by atoms with Crippen LogP contribution in [0.2, 0.25) is 0 Å². The predicted octanol–water partition coefficient (Wildman–Crippen LogP) is 2.80. The first-order chi connectivity index (χ1) is 10.1. The third kappa shape index (κ3) is 2.52. The SMILES string of the molecule is NNc1cn2ccnc2c(Nc2cc(F)c(Br)cc2F)n1. The third-order valence-corrected chi connectivity index (χ3v) is 3.39. The molecule has 1 aromatic carbocycles. The molecule has 6 nitrogen and oxygen atoms in total. The molecule has 0 spiro atoms. The van der Waals surface area contributed by atoms with Crippen molar-refractivity contribution in [2.75, 3.05) is 10.7 Å². The van der Waals surface area contributed by atoms with Crippen LogP contribution in [0.25, 0.3) is 5.65 Å². The Morgan fingerprint density at radius 2 is 2.05 bits per heavy atom. The Morgan fingerprint density at radius 1 is 1.24 bits per heavy atom. The molecule has 2 aromatic heterocycles. The molecule has 4 N–H and O–H groups in total. The van der Waals surface area contributed by atoms with Gasteiger partial charge in [0.2, 0.25) is 0 Å². The second-order valence-electron chi connectivity index (χ2n) is 4.15. The summed E-state index contributed by atoms with van der Waals surface area (Å²) >= 11 is 2.92. The van der Waals surface area contributed by atoms with Crippen molar-refractivity contribution in [1.29, 1.82) is 0 Å². The lowest BCUT2D eigenvalue weighted by Gasteiger charge is -2.10. The number of rotatable bonds is 3. The summed E-state index contributed by atoms with van der Waals surface area (Å²) in [6.07, 6.45) is 4.86. The molecule has 0 atom stereocenters. The summed E-state index contributed by atoms with van der Waals surface area (Å²) in [5, 5.41) is 2.72. The largest absolute Gasteiger partial charge is 0.335 e. The highest BCUT2D eigenvalue weighted by atomic mass is 79.9. The fourth-order valence-corrected chi connectivity index (χ4v) is 2.15. The number of nitrogens with one attached hydrogen (secondary N) is 2. The van der Waals surface area contributed by atoms with Crippen LogP contribution in [-0.4, -0.2) is 14.4 Å². The number of halogens is 3. The maximum Gasteiger partial charge on any atom is 0.180 e. The van der Waals surface area contributed by atoms with Crippen molar-refractivity contribution in [3.63, 3.8) is 0 Å². The van der Waals surface area contributed by atoms with Gasteiger partial charge in [-0.1, -0.05) is 0 Å². The lowest BCUT2D eigenvalue weighted by atomic mass is 10.3. The molecule has 0 fully saturated rings. The van der Waals surface area contributed by atoms with Gasteiger partial charge in [-0.3, -0.25) is 0 Å². The molecule has 0 bridgehead atoms. The minimum atomic E-state index is -0.624. The monoisotopic (exact) mass is 354 g/mol. The summed E-state index contributed by atoms with van der Waals surface area (Å²) in [5.74, 6) is 4.71. The highest BCUT2D eigenvalue weighted by Crippen LogP contribution is 2.27. The van der Waals surface area contributed by atoms with Gasteiger partial charge < -0.3 is 15.1 Å². The predicted molar refractivity (Wildman–Crippen MR) is 78.1 cm³/mol. The molecule has 0 unspecified atom stereocenters. The maximum atomic E-state index is 13.9. The van der Waals surface area contributed by atoms with Gasteiger partial charge in [-0.15, -0.1) is 0 Å². The van der Waals surface area contributed by atoms with Gasteiger partial charge in [-0.2, -0.15) is 0 Å². The fourth-order valence-electron chi connectivity index (χ4n) is 1.83. The Labute approximate surface area is 126 Å². The summed E-state index contributed by atoms with van der Waals surface area (Å²) in [4.78, 5) is 8.25. The van der Waals surface area contributed by atoms with Crippen molar-refractivity contribution in [3.8, 4) is 0 Å². The minimum absolute atomic E-state index is 0.0434. The zero-order valence-electron chi connectivity index (χ0n) is 10.4. The second-order valence-corrected chi connectivity index (χ2v) is 5.00. The van der Waals surface area contributed by atoms with E-state index in [0.717, 1.165) is 12.1 Å². The zero-order chi connectivity index (χ0) is 15.0. The molecular weight excluding hydrogens is 346 g/mol. The molecular formula is C12H9BrF2N6. The summed E-state index contributed by atoms with van der Waals surface area (Å²) < 4.78 is 29.1. The highest BCUT2D eigenvalue weighted by molar-refractivity contribution is 9.10. The summed E-state index contributed by atoms with van der Waals surface area (Å²) in [6.45, 7) is 0. The van der Waals surface area contributed by atoms with Crippen LogP contribution < -0.4 is 16.6 Å². The van der Waals surface area contributed by atoms with E-state index in [2.05, 4.69) is 36.6 Å². The number of nitrogens with two attached hydrogens (primary N) is 1. The van der Waals surface area contributed by atoms with Crippen LogP contribution in [0.15, 0.2) is 35.2 Å². The minimum Gasteiger partial charge on any atom is -0.335 e. The van der Waals surface area contributed by atoms with Crippen molar-refractivity contribution in [2.24, 2.45) is 5.84 Å². The van der Waals surface area contributed by atoms with Crippen LogP contribution in [-0.2, 0) is 0 Å². The van der Waals surface area contributed by atoms with E-state index in [1.807, 2.05) is 0 Å². The first kappa shape index (κ1) is 13.7. The van der Waals surface area contributed by atoms with E-state index in [4.69, 9.17) is 5.84 Å². The number of hydrogen-bond donors (Lipinski definition) is 3. The van der Waals surface area contributed by atoms with Gasteiger partial charge >= 0.3 is 0 Å². The van der Waals surface area contributed by atoms with Crippen LogP contribution >= 0.6 is 15.9 Å². The Hall–Kier alpha value is -2.26. The van der Waals surface area contributed by atoms with E-state index >= 15 is 0 Å². The second kappa shape index (κ2) is 5.26. The van der Waals surface area contributed by atoms with Crippen LogP contribution in [0.5, 0.6) is 0 Å². The molecule has 21 heavy (non-hydrogen) atoms. The quantitative estimate of drug-likeness (QED) is 0.383. The smallest absolute Gasteiger partial charge is 0.180 e. The molecule has 0 aliphatic carbocycles. The summed E-state index contributed by atoms with van der Waals surface area (Å²) in [6, 6.07) is 2.06. The van der Waals surface area contributed by atoms with Crippen LogP contribution in [0.3, 0.4) is 0 Å². The average Bonchev–Trinajstić information content (AvgIpc) is 2.93. The van der Waals surface area contributed by atoms with Crippen LogP contribution in [0.1, 0.15) is 0 Å². The number of imidazole rings is 1. The molecule has 0 aliphatic heterocycles. The Balaban J connectivity index is 2.09. The molecule has 3 rings (SSSR count). The number of hydrazine groups is 1. The molecule has 0 amide bonds. The first-order valence-corrected chi connectivity index (χ1v) is 6.59. The number of anilines is 3. The lowest BCUT2D eigenvalue weighted by Crippen LogP contribution is -2.11. The van der Waals surface area contributed by atoms with E-state index < -0.39 is 11.6 Å². The number of hydrogen-bond acceptors (Lipinski definition) is 5. The average molecular weight is 355 g/mol. The number of benzene rings is 1. The fraction of sp³-hybridized carbons (Fsp3) is 0. The van der Waals surface area contributed by atoms with Crippen molar-refractivity contribution < 1.29 is 8.78 Å². The van der Waals surface area contributed by atoms with Crippen LogP contribution in [0, 0.1) is 11.6 Å². The highest BCUT2D eigenvalue weighted by Gasteiger charge is 2.12. The molecule has 0 saturated carbocycles. The van der Waals surface area contributed by atoms with Gasteiger partial charge in [0.05, 0.1) is 16.4 Å². The van der Waals surface area contributed by atoms with Crippen molar-refractivity contribution in [3.05, 3.63) is 46.8 Å². The first-order valence-electron chi connectivity index (χ1n) is 5.80. The number of aromatic nitrogens is 3. The molecule has 2 heterocycles. The van der Waals surface area contributed by atoms with E-state index in [1.165, 1.54) is 0 Å². The third-order valence-electron chi connectivity index (χ3n) is 2.79. The van der Waals surface area contributed by atoms with Gasteiger partial charge in [0.25, 0.3) is 0 Å². The van der Waals surface area contributed by atoms with Gasteiger partial charge in [0.15, 0.2) is 17.3 Å². The van der Waals surface area contributed by atoms with Gasteiger partial charge in [-0.25, -0.2) is 24.6 Å². The Morgan fingerprint density at radius 3 is 2.81 bits per heavy atom. The topological polar surface area (TPSA) is 80.3 Å². The zero-order valence-corrected chi connectivity index (χ0v) is 12.0. The van der Waals surface area contributed by atoms with Gasteiger partial charge in [0, 0.05) is 18.5 Å². The normalized spacial score (nSPS) is 10.9. The molecule has 0 aliphatic rings. The summed E-state index contributed by atoms with van der Waals surface area (Å²) in [7, 11) is 0. The molecule has 108 valence electrons. The standard InChI is InChI=1S/C12H9BrF2N6/c13-6-3-8(15)9(4-7(6)14)18-11-12-17-1-2-21(12)5-10(19-11)20-16/h1-5,20H,16H2,(H,18,19). The van der Waals surface area contributed by atoms with E-state index in [1.54, 1.807) is 23.0 Å². The molecule has 9 heteroatoms. The number of nitrogens with zero attached hydrogens (tertiary/aromatic N) is 3. The number of fused-ring (bicyclic) bond motifs is 1. The molecule has 0 saturated heterocycles. The molecule has 3 aromatic rings. The van der Waals surface area contributed by atoms with Crippen LogP contribution in [0.4, 0.5) is 26.1 Å². The van der Waals surface area contributed by atoms with Gasteiger partial charge in [-0.05, 0) is 22.0 Å². The Kier molecular flexibility index (Phi) is 3.43. The lowest BCUT2D eigenvalue weighted by molar-refractivity contribution is 0.598. The Bertz CT molecular complexity index is 819. The maximum absolute atomic E-state index is 13.9. The summed E-state index contributed by atoms with van der Waals surface area (Å²) in [5.41, 5.74) is 2.80. The van der Waals surface area contributed by atoms with Crippen molar-refractivity contribution in [1.82, 2.24) is 14.4 Å². The van der Waals surface area contributed by atoms with E-state index in [9.17, 15) is 8.78 Å². The number of nitrogen functional groups attached to an aromatic ring is 1. The van der Waals surface area contributed by atoms with E-state index in [0.29, 0.717) is 11.5 Å².